The highest BCUT2D eigenvalue weighted by Crippen LogP contribution is 2.47. The van der Waals surface area contributed by atoms with E-state index >= 15 is 0 Å². The van der Waals surface area contributed by atoms with Crippen LogP contribution in [0.4, 0.5) is 0 Å². The lowest BCUT2D eigenvalue weighted by Gasteiger charge is -2.18. The number of benzene rings is 8. The van der Waals surface area contributed by atoms with Crippen molar-refractivity contribution >= 4 is 43.5 Å². The molecule has 8 aromatic carbocycles. The molecule has 0 unspecified atom stereocenters. The van der Waals surface area contributed by atoms with Gasteiger partial charge < -0.3 is 4.42 Å². The van der Waals surface area contributed by atoms with Crippen LogP contribution in [-0.2, 0) is 0 Å². The first-order valence-electron chi connectivity index (χ1n) is 21.3. The molecule has 0 spiro atoms. The molecule has 0 aliphatic carbocycles. The van der Waals surface area contributed by atoms with E-state index in [0.29, 0.717) is 54.6 Å². The Bertz CT molecular complexity index is 3220. The molecule has 0 N–H and O–H groups in total. The quantitative estimate of drug-likeness (QED) is 0.187. The largest absolute Gasteiger partial charge is 0.455 e. The van der Waals surface area contributed by atoms with E-state index in [1.807, 2.05) is 54.6 Å². The summed E-state index contributed by atoms with van der Waals surface area (Å²) in [5.74, 6) is 0. The molecule has 45 heavy (non-hydrogen) atoms. The van der Waals surface area contributed by atoms with Gasteiger partial charge in [-0.05, 0) is 72.6 Å². The summed E-state index contributed by atoms with van der Waals surface area (Å²) in [5.41, 5.74) is 2.25. The van der Waals surface area contributed by atoms with Gasteiger partial charge in [0.2, 0.25) is 0 Å². The van der Waals surface area contributed by atoms with Crippen molar-refractivity contribution in [3.8, 4) is 44.5 Å². The zero-order chi connectivity index (χ0) is 41.9. The zero-order valence-electron chi connectivity index (χ0n) is 37.5. The van der Waals surface area contributed by atoms with Gasteiger partial charge in [0, 0.05) is 16.3 Å². The summed E-state index contributed by atoms with van der Waals surface area (Å²) in [5, 5.41) is 3.86. The third kappa shape index (κ3) is 4.09. The van der Waals surface area contributed by atoms with E-state index in [1.54, 1.807) is 30.3 Å². The molecule has 0 bridgehead atoms. The van der Waals surface area contributed by atoms with Gasteiger partial charge in [-0.1, -0.05) is 157 Å². The predicted molar refractivity (Wildman–Crippen MR) is 190 cm³/mol. The molecule has 9 aromatic rings. The van der Waals surface area contributed by atoms with Crippen LogP contribution in [0.2, 0.25) is 0 Å². The van der Waals surface area contributed by atoms with E-state index in [9.17, 15) is 2.74 Å². The zero-order valence-corrected chi connectivity index (χ0v) is 23.5. The third-order valence-corrected chi connectivity index (χ3v) is 8.12. The average molecular weight is 587 g/mol. The summed E-state index contributed by atoms with van der Waals surface area (Å²) >= 11 is 0. The van der Waals surface area contributed by atoms with Crippen LogP contribution in [0.5, 0.6) is 0 Å². The number of hydrogen-bond donors (Lipinski definition) is 0. The SMILES string of the molecule is [2H]c1c([2H])c([2H])c(-c2c([2H])c([2H])c([2H])c(-c3c4ccccc4c(-c4cccc5oc6c(-c7c([2H])c([2H])c([2H])c([2H])c7[2H])cccc6c45)c4ccccc34)c2[2H])c([2H])c1[2H]. The van der Waals surface area contributed by atoms with Crippen molar-refractivity contribution in [2.75, 3.05) is 0 Å². The van der Waals surface area contributed by atoms with Crippen LogP contribution in [0.3, 0.4) is 0 Å². The molecule has 0 saturated carbocycles. The van der Waals surface area contributed by atoms with Crippen LogP contribution in [0.25, 0.3) is 88.0 Å². The first-order chi connectivity index (χ1) is 28.2. The number of para-hydroxylation sites is 1. The fourth-order valence-electron chi connectivity index (χ4n) is 6.29. The maximum Gasteiger partial charge on any atom is 0.143 e. The number of hydrogen-bond acceptors (Lipinski definition) is 1. The van der Waals surface area contributed by atoms with Gasteiger partial charge in [-0.25, -0.2) is 0 Å². The molecule has 0 saturated heterocycles. The molecule has 0 radical (unpaired) electrons. The Morgan fingerprint density at radius 1 is 0.400 bits per heavy atom. The minimum absolute atomic E-state index is 0.00953. The molecule has 9 rings (SSSR count). The van der Waals surface area contributed by atoms with Crippen LogP contribution < -0.4 is 0 Å². The van der Waals surface area contributed by atoms with Gasteiger partial charge in [0.15, 0.2) is 0 Å². The highest BCUT2D eigenvalue weighted by atomic mass is 16.3. The van der Waals surface area contributed by atoms with Crippen LogP contribution in [0.15, 0.2) is 174 Å². The second kappa shape index (κ2) is 10.4. The molecule has 0 amide bonds. The van der Waals surface area contributed by atoms with Crippen molar-refractivity contribution in [1.82, 2.24) is 0 Å². The van der Waals surface area contributed by atoms with Crippen LogP contribution in [0.1, 0.15) is 19.2 Å². The molecule has 210 valence electrons. The fraction of sp³-hybridized carbons (Fsp3) is 0. The molecule has 1 nitrogen and oxygen atoms in total. The third-order valence-electron chi connectivity index (χ3n) is 8.12. The summed E-state index contributed by atoms with van der Waals surface area (Å²) < 4.78 is 127. The lowest BCUT2D eigenvalue weighted by Crippen LogP contribution is -1.91. The molecular formula is C44H28O. The van der Waals surface area contributed by atoms with Crippen molar-refractivity contribution < 1.29 is 23.6 Å². The lowest BCUT2D eigenvalue weighted by atomic mass is 9.84. The lowest BCUT2D eigenvalue weighted by molar-refractivity contribution is 0.670. The van der Waals surface area contributed by atoms with Gasteiger partial charge in [0.1, 0.15) is 11.2 Å². The summed E-state index contributed by atoms with van der Waals surface area (Å²) in [6.07, 6.45) is 0. The Kier molecular flexibility index (Phi) is 3.50. The van der Waals surface area contributed by atoms with Crippen molar-refractivity contribution in [2.45, 2.75) is 0 Å². The Morgan fingerprint density at radius 3 is 1.62 bits per heavy atom. The second-order valence-corrected chi connectivity index (χ2v) is 10.6. The van der Waals surface area contributed by atoms with E-state index in [2.05, 4.69) is 0 Å². The van der Waals surface area contributed by atoms with Crippen LogP contribution >= 0.6 is 0 Å². The molecule has 1 heteroatoms. The molecule has 0 fully saturated rings. The smallest absolute Gasteiger partial charge is 0.143 e. The van der Waals surface area contributed by atoms with Gasteiger partial charge in [-0.3, -0.25) is 0 Å². The first-order valence-corrected chi connectivity index (χ1v) is 14.3. The molecule has 1 heterocycles. The maximum absolute atomic E-state index is 9.56. The van der Waals surface area contributed by atoms with Gasteiger partial charge in [0.05, 0.1) is 19.2 Å². The number of furan rings is 1. The average Bonchev–Trinajstić information content (AvgIpc) is 3.64. The van der Waals surface area contributed by atoms with Crippen molar-refractivity contribution in [3.63, 3.8) is 0 Å². The topological polar surface area (TPSA) is 13.1 Å². The number of rotatable bonds is 4. The Balaban J connectivity index is 1.39. The minimum atomic E-state index is -0.649. The molecule has 0 aliphatic heterocycles. The molecular weight excluding hydrogens is 544 g/mol. The van der Waals surface area contributed by atoms with E-state index in [-0.39, 0.29) is 28.8 Å². The van der Waals surface area contributed by atoms with Crippen LogP contribution in [0, 0.1) is 0 Å². The normalized spacial score (nSPS) is 15.9. The summed E-state index contributed by atoms with van der Waals surface area (Å²) in [4.78, 5) is 0. The summed E-state index contributed by atoms with van der Waals surface area (Å²) in [6, 6.07) is 18.2. The van der Waals surface area contributed by atoms with Crippen molar-refractivity contribution in [1.29, 1.82) is 0 Å². The molecule has 0 aliphatic rings. The minimum Gasteiger partial charge on any atom is -0.455 e. The maximum atomic E-state index is 9.56. The fourth-order valence-corrected chi connectivity index (χ4v) is 6.29. The number of fused-ring (bicyclic) bond motifs is 5. The van der Waals surface area contributed by atoms with E-state index < -0.39 is 78.1 Å². The van der Waals surface area contributed by atoms with Crippen molar-refractivity contribution in [3.05, 3.63) is 170 Å². The standard InChI is InChI=1S/C44H28O/c1-3-14-29(15-4-1)31-18-11-19-32(28-31)41-34-20-7-9-22-36(34)42(37-23-10-8-21-35(37)41)38-25-13-27-40-43(38)39-26-12-24-33(44(39)45-40)30-16-5-2-6-17-30/h1-28H/i1D,2D,3D,4D,5D,6D,11D,14D,15D,16D,17D,18D,19D,28D. The van der Waals surface area contributed by atoms with Gasteiger partial charge in [0.25, 0.3) is 0 Å². The van der Waals surface area contributed by atoms with E-state index in [0.717, 1.165) is 11.1 Å². The summed E-state index contributed by atoms with van der Waals surface area (Å²) in [6.45, 7) is 0. The van der Waals surface area contributed by atoms with E-state index in [1.165, 1.54) is 0 Å². The highest BCUT2D eigenvalue weighted by Gasteiger charge is 2.21. The Hall–Kier alpha value is -5.92. The van der Waals surface area contributed by atoms with E-state index in [4.69, 9.17) is 20.9 Å². The predicted octanol–water partition coefficient (Wildman–Crippen LogP) is 12.6. The van der Waals surface area contributed by atoms with Gasteiger partial charge in [-0.2, -0.15) is 0 Å². The van der Waals surface area contributed by atoms with Crippen LogP contribution in [-0.4, -0.2) is 0 Å². The first kappa shape index (κ1) is 15.2. The monoisotopic (exact) mass is 586 g/mol. The summed E-state index contributed by atoms with van der Waals surface area (Å²) in [7, 11) is 0. The van der Waals surface area contributed by atoms with Crippen molar-refractivity contribution in [2.24, 2.45) is 0 Å². The Labute approximate surface area is 281 Å². The molecule has 1 aromatic heterocycles. The van der Waals surface area contributed by atoms with Gasteiger partial charge >= 0.3 is 0 Å². The van der Waals surface area contributed by atoms with Gasteiger partial charge in [-0.15, -0.1) is 0 Å². The second-order valence-electron chi connectivity index (χ2n) is 10.6. The molecule has 0 atom stereocenters. The Morgan fingerprint density at radius 2 is 0.933 bits per heavy atom. The highest BCUT2D eigenvalue weighted by molar-refractivity contribution is 6.26.